The lowest BCUT2D eigenvalue weighted by Crippen LogP contribution is -2.28. The van der Waals surface area contributed by atoms with Crippen LogP contribution in [-0.2, 0) is 6.42 Å². The molecule has 18 heavy (non-hydrogen) atoms. The molecular weight excluding hydrogens is 242 g/mol. The molecule has 0 spiro atoms. The first-order valence-electron chi connectivity index (χ1n) is 7.19. The summed E-state index contributed by atoms with van der Waals surface area (Å²) in [5.41, 5.74) is 2.70. The Bertz CT molecular complexity index is 383. The SMILES string of the molecule is CCC(C)c1ccc(CC2CCNCC2)cc1Cl. The summed E-state index contributed by atoms with van der Waals surface area (Å²) in [5, 5.41) is 4.37. The van der Waals surface area contributed by atoms with E-state index in [2.05, 4.69) is 37.4 Å². The van der Waals surface area contributed by atoms with Gasteiger partial charge in [-0.05, 0) is 67.8 Å². The van der Waals surface area contributed by atoms with Crippen LogP contribution in [0.3, 0.4) is 0 Å². The van der Waals surface area contributed by atoms with Crippen LogP contribution < -0.4 is 5.32 Å². The van der Waals surface area contributed by atoms with Gasteiger partial charge in [-0.2, -0.15) is 0 Å². The van der Waals surface area contributed by atoms with E-state index in [-0.39, 0.29) is 0 Å². The second-order valence-electron chi connectivity index (χ2n) is 5.56. The van der Waals surface area contributed by atoms with Crippen LogP contribution in [0.2, 0.25) is 5.02 Å². The highest BCUT2D eigenvalue weighted by molar-refractivity contribution is 6.31. The van der Waals surface area contributed by atoms with Gasteiger partial charge in [-0.15, -0.1) is 0 Å². The van der Waals surface area contributed by atoms with Crippen LogP contribution in [0.25, 0.3) is 0 Å². The molecule has 1 nitrogen and oxygen atoms in total. The molecule has 1 unspecified atom stereocenters. The van der Waals surface area contributed by atoms with Gasteiger partial charge in [0, 0.05) is 5.02 Å². The lowest BCUT2D eigenvalue weighted by atomic mass is 9.89. The first-order valence-corrected chi connectivity index (χ1v) is 7.57. The van der Waals surface area contributed by atoms with Crippen molar-refractivity contribution in [2.24, 2.45) is 5.92 Å². The molecule has 0 radical (unpaired) electrons. The van der Waals surface area contributed by atoms with Crippen molar-refractivity contribution < 1.29 is 0 Å². The summed E-state index contributed by atoms with van der Waals surface area (Å²) in [6.45, 7) is 6.80. The Labute approximate surface area is 116 Å². The van der Waals surface area contributed by atoms with Gasteiger partial charge in [0.2, 0.25) is 0 Å². The molecule has 0 aromatic heterocycles. The maximum atomic E-state index is 6.41. The average Bonchev–Trinajstić information content (AvgIpc) is 2.39. The Morgan fingerprint density at radius 3 is 2.67 bits per heavy atom. The largest absolute Gasteiger partial charge is 0.317 e. The highest BCUT2D eigenvalue weighted by atomic mass is 35.5. The molecule has 0 aliphatic carbocycles. The normalized spacial score (nSPS) is 18.8. The average molecular weight is 266 g/mol. The van der Waals surface area contributed by atoms with Gasteiger partial charge < -0.3 is 5.32 Å². The van der Waals surface area contributed by atoms with Gasteiger partial charge in [0.1, 0.15) is 0 Å². The standard InChI is InChI=1S/C16H24ClN/c1-3-12(2)15-5-4-14(11-16(15)17)10-13-6-8-18-9-7-13/h4-5,11-13,18H,3,6-10H2,1-2H3. The summed E-state index contributed by atoms with van der Waals surface area (Å²) in [5.74, 6) is 1.39. The number of halogens is 1. The van der Waals surface area contributed by atoms with Gasteiger partial charge in [0.15, 0.2) is 0 Å². The van der Waals surface area contributed by atoms with Crippen molar-refractivity contribution in [2.45, 2.75) is 45.4 Å². The van der Waals surface area contributed by atoms with E-state index in [1.807, 2.05) is 0 Å². The summed E-state index contributed by atoms with van der Waals surface area (Å²) < 4.78 is 0. The fourth-order valence-corrected chi connectivity index (χ4v) is 3.13. The highest BCUT2D eigenvalue weighted by Crippen LogP contribution is 2.29. The topological polar surface area (TPSA) is 12.0 Å². The van der Waals surface area contributed by atoms with Crippen LogP contribution in [0.5, 0.6) is 0 Å². The second-order valence-corrected chi connectivity index (χ2v) is 5.97. The zero-order valence-corrected chi connectivity index (χ0v) is 12.3. The molecule has 0 bridgehead atoms. The zero-order chi connectivity index (χ0) is 13.0. The molecule has 0 amide bonds. The fraction of sp³-hybridized carbons (Fsp3) is 0.625. The van der Waals surface area contributed by atoms with Crippen molar-refractivity contribution in [3.05, 3.63) is 34.3 Å². The first-order chi connectivity index (χ1) is 8.70. The minimum absolute atomic E-state index is 0.561. The van der Waals surface area contributed by atoms with E-state index in [1.54, 1.807) is 0 Å². The molecule has 1 heterocycles. The maximum Gasteiger partial charge on any atom is 0.0443 e. The molecular formula is C16H24ClN. The third-order valence-corrected chi connectivity index (χ3v) is 4.52. The van der Waals surface area contributed by atoms with Crippen molar-refractivity contribution in [1.82, 2.24) is 5.32 Å². The minimum atomic E-state index is 0.561. The predicted molar refractivity (Wildman–Crippen MR) is 79.5 cm³/mol. The van der Waals surface area contributed by atoms with Crippen molar-refractivity contribution >= 4 is 11.6 Å². The second kappa shape index (κ2) is 6.58. The third kappa shape index (κ3) is 3.49. The molecule has 1 aliphatic rings. The summed E-state index contributed by atoms with van der Waals surface area (Å²) in [7, 11) is 0. The van der Waals surface area contributed by atoms with Gasteiger partial charge in [0.05, 0.1) is 0 Å². The van der Waals surface area contributed by atoms with Gasteiger partial charge in [-0.25, -0.2) is 0 Å². The van der Waals surface area contributed by atoms with Gasteiger partial charge in [0.25, 0.3) is 0 Å². The molecule has 1 aromatic rings. The van der Waals surface area contributed by atoms with E-state index in [1.165, 1.54) is 43.5 Å². The summed E-state index contributed by atoms with van der Waals surface area (Å²) in [6, 6.07) is 6.69. The quantitative estimate of drug-likeness (QED) is 0.851. The van der Waals surface area contributed by atoms with Crippen LogP contribution in [0.1, 0.15) is 50.2 Å². The molecule has 1 aliphatic heterocycles. The van der Waals surface area contributed by atoms with E-state index in [0.717, 1.165) is 17.4 Å². The van der Waals surface area contributed by atoms with Crippen molar-refractivity contribution in [3.8, 4) is 0 Å². The Morgan fingerprint density at radius 1 is 1.33 bits per heavy atom. The highest BCUT2D eigenvalue weighted by Gasteiger charge is 2.15. The first kappa shape index (κ1) is 13.9. The third-order valence-electron chi connectivity index (χ3n) is 4.19. The number of nitrogens with one attached hydrogen (secondary N) is 1. The summed E-state index contributed by atoms with van der Waals surface area (Å²) in [6.07, 6.45) is 4.92. The number of rotatable bonds is 4. The van der Waals surface area contributed by atoms with Crippen LogP contribution in [0, 0.1) is 5.92 Å². The number of benzene rings is 1. The van der Waals surface area contributed by atoms with Crippen molar-refractivity contribution in [3.63, 3.8) is 0 Å². The van der Waals surface area contributed by atoms with E-state index in [4.69, 9.17) is 11.6 Å². The van der Waals surface area contributed by atoms with Crippen LogP contribution in [-0.4, -0.2) is 13.1 Å². The monoisotopic (exact) mass is 265 g/mol. The smallest absolute Gasteiger partial charge is 0.0443 e. The molecule has 1 N–H and O–H groups in total. The Balaban J connectivity index is 2.03. The molecule has 1 fully saturated rings. The summed E-state index contributed by atoms with van der Waals surface area (Å²) in [4.78, 5) is 0. The lowest BCUT2D eigenvalue weighted by Gasteiger charge is -2.23. The Morgan fingerprint density at radius 2 is 2.06 bits per heavy atom. The van der Waals surface area contributed by atoms with E-state index < -0.39 is 0 Å². The molecule has 1 saturated heterocycles. The molecule has 2 heteroatoms. The lowest BCUT2D eigenvalue weighted by molar-refractivity contribution is 0.372. The Hall–Kier alpha value is -0.530. The fourth-order valence-electron chi connectivity index (χ4n) is 2.74. The van der Waals surface area contributed by atoms with Crippen LogP contribution in [0.4, 0.5) is 0 Å². The van der Waals surface area contributed by atoms with E-state index in [9.17, 15) is 0 Å². The summed E-state index contributed by atoms with van der Waals surface area (Å²) >= 11 is 6.41. The maximum absolute atomic E-state index is 6.41. The van der Waals surface area contributed by atoms with Crippen molar-refractivity contribution in [2.75, 3.05) is 13.1 Å². The van der Waals surface area contributed by atoms with Crippen molar-refractivity contribution in [1.29, 1.82) is 0 Å². The van der Waals surface area contributed by atoms with E-state index >= 15 is 0 Å². The number of hydrogen-bond donors (Lipinski definition) is 1. The number of hydrogen-bond acceptors (Lipinski definition) is 1. The van der Waals surface area contributed by atoms with Gasteiger partial charge >= 0.3 is 0 Å². The van der Waals surface area contributed by atoms with Crippen LogP contribution in [0.15, 0.2) is 18.2 Å². The van der Waals surface area contributed by atoms with Gasteiger partial charge in [-0.3, -0.25) is 0 Å². The molecule has 1 aromatic carbocycles. The molecule has 2 rings (SSSR count). The van der Waals surface area contributed by atoms with Crippen LogP contribution >= 0.6 is 11.6 Å². The Kier molecular flexibility index (Phi) is 5.08. The number of piperidine rings is 1. The molecule has 100 valence electrons. The molecule has 0 saturated carbocycles. The van der Waals surface area contributed by atoms with Gasteiger partial charge in [-0.1, -0.05) is 37.6 Å². The van der Waals surface area contributed by atoms with E-state index in [0.29, 0.717) is 5.92 Å². The molecule has 1 atom stereocenters. The minimum Gasteiger partial charge on any atom is -0.317 e. The zero-order valence-electron chi connectivity index (χ0n) is 11.5. The predicted octanol–water partition coefficient (Wildman–Crippen LogP) is 4.40.